The summed E-state index contributed by atoms with van der Waals surface area (Å²) in [6.45, 7) is 3.43. The van der Waals surface area contributed by atoms with E-state index in [2.05, 4.69) is 10.3 Å². The number of nitrogens with one attached hydrogen (secondary N) is 2. The Balaban J connectivity index is 1.70. The zero-order chi connectivity index (χ0) is 16.5. The van der Waals surface area contributed by atoms with Gasteiger partial charge in [0.05, 0.1) is 16.9 Å². The maximum atomic E-state index is 12.7. The maximum Gasteiger partial charge on any atom is 0.182 e. The molecule has 4 nitrogen and oxygen atoms in total. The van der Waals surface area contributed by atoms with Crippen LogP contribution in [0.25, 0.3) is 10.9 Å². The molecule has 0 saturated carbocycles. The third-order valence-corrected chi connectivity index (χ3v) is 4.65. The number of carbonyl (C=O) groups excluding carboxylic acids is 1. The summed E-state index contributed by atoms with van der Waals surface area (Å²) in [5, 5.41) is 4.08. The molecule has 0 amide bonds. The van der Waals surface area contributed by atoms with Gasteiger partial charge in [-0.2, -0.15) is 0 Å². The number of fused-ring (bicyclic) bond motifs is 1. The largest absolute Gasteiger partial charge is 0.488 e. The third kappa shape index (κ3) is 2.59. The van der Waals surface area contributed by atoms with Gasteiger partial charge in [-0.3, -0.25) is 4.79 Å². The van der Waals surface area contributed by atoms with Crippen molar-refractivity contribution in [2.75, 3.05) is 6.54 Å². The molecule has 1 saturated heterocycles. The average molecular weight is 320 g/mol. The van der Waals surface area contributed by atoms with Crippen molar-refractivity contribution >= 4 is 16.7 Å². The van der Waals surface area contributed by atoms with Crippen LogP contribution >= 0.6 is 0 Å². The predicted octanol–water partition coefficient (Wildman–Crippen LogP) is 3.60. The summed E-state index contributed by atoms with van der Waals surface area (Å²) in [5.74, 6) is 0.894. The molecule has 2 aromatic carbocycles. The summed E-state index contributed by atoms with van der Waals surface area (Å²) in [5.41, 5.74) is 3.91. The number of ketones is 1. The van der Waals surface area contributed by atoms with Crippen molar-refractivity contribution in [2.45, 2.75) is 26.0 Å². The van der Waals surface area contributed by atoms with Gasteiger partial charge in [-0.25, -0.2) is 0 Å². The molecule has 1 aromatic heterocycles. The smallest absolute Gasteiger partial charge is 0.182 e. The van der Waals surface area contributed by atoms with Gasteiger partial charge < -0.3 is 15.0 Å². The van der Waals surface area contributed by atoms with E-state index in [4.69, 9.17) is 4.74 Å². The Morgan fingerprint density at radius 1 is 1.21 bits per heavy atom. The van der Waals surface area contributed by atoms with E-state index in [1.165, 1.54) is 0 Å². The van der Waals surface area contributed by atoms with Crippen LogP contribution in [-0.4, -0.2) is 23.4 Å². The lowest BCUT2D eigenvalue weighted by molar-refractivity contribution is 0.0905. The number of Topliss-reactive ketones (excluding diaryl/α,β-unsaturated/α-hetero) is 1. The van der Waals surface area contributed by atoms with Crippen molar-refractivity contribution in [1.29, 1.82) is 0 Å². The summed E-state index contributed by atoms with van der Waals surface area (Å²) >= 11 is 0. The zero-order valence-electron chi connectivity index (χ0n) is 13.6. The Hall–Kier alpha value is -2.59. The summed E-state index contributed by atoms with van der Waals surface area (Å²) < 4.78 is 6.05. The van der Waals surface area contributed by atoms with Gasteiger partial charge in [0.1, 0.15) is 12.4 Å². The Kier molecular flexibility index (Phi) is 3.82. The van der Waals surface area contributed by atoms with E-state index >= 15 is 0 Å². The van der Waals surface area contributed by atoms with E-state index in [9.17, 15) is 4.79 Å². The second-order valence-corrected chi connectivity index (χ2v) is 6.27. The van der Waals surface area contributed by atoms with E-state index in [0.717, 1.165) is 40.7 Å². The number of hydrogen-bond donors (Lipinski definition) is 2. The number of hydrogen-bond acceptors (Lipinski definition) is 3. The van der Waals surface area contributed by atoms with E-state index in [1.807, 2.05) is 55.6 Å². The lowest BCUT2D eigenvalue weighted by Crippen LogP contribution is -2.48. The number of rotatable bonds is 5. The van der Waals surface area contributed by atoms with Gasteiger partial charge in [0, 0.05) is 11.8 Å². The topological polar surface area (TPSA) is 54.1 Å². The predicted molar refractivity (Wildman–Crippen MR) is 94.5 cm³/mol. The molecular formula is C20H20N2O2. The molecule has 122 valence electrons. The van der Waals surface area contributed by atoms with Crippen molar-refractivity contribution in [1.82, 2.24) is 10.3 Å². The molecule has 0 unspecified atom stereocenters. The first-order valence-electron chi connectivity index (χ1n) is 8.29. The molecule has 1 aliphatic heterocycles. The highest BCUT2D eigenvalue weighted by atomic mass is 16.5. The normalized spacial score (nSPS) is 16.8. The molecule has 0 aliphatic carbocycles. The number of aryl methyl sites for hydroxylation is 1. The van der Waals surface area contributed by atoms with Crippen LogP contribution in [0.2, 0.25) is 0 Å². The minimum Gasteiger partial charge on any atom is -0.488 e. The second-order valence-electron chi connectivity index (χ2n) is 6.27. The molecule has 2 N–H and O–H groups in total. The van der Waals surface area contributed by atoms with Gasteiger partial charge in [-0.1, -0.05) is 36.4 Å². The minimum absolute atomic E-state index is 0.0634. The number of benzene rings is 2. The Morgan fingerprint density at radius 3 is 2.71 bits per heavy atom. The van der Waals surface area contributed by atoms with Crippen LogP contribution in [-0.2, 0) is 6.61 Å². The van der Waals surface area contributed by atoms with Gasteiger partial charge in [-0.15, -0.1) is 0 Å². The standard InChI is InChI=1S/C20H20N2O2/c1-13-7-8-17(24-12-14-5-3-2-4-6-14)18-15(11-22-19(13)18)20(23)16-9-10-21-16/h2-8,11,16,21-22H,9-10,12H2,1H3/t16-/m0/s1. The molecule has 0 radical (unpaired) electrons. The van der Waals surface area contributed by atoms with Gasteiger partial charge in [0.15, 0.2) is 5.78 Å². The van der Waals surface area contributed by atoms with Crippen LogP contribution < -0.4 is 10.1 Å². The Labute approximate surface area is 140 Å². The number of carbonyl (C=O) groups is 1. The van der Waals surface area contributed by atoms with Gasteiger partial charge in [0.2, 0.25) is 0 Å². The number of ether oxygens (including phenoxy) is 1. The Morgan fingerprint density at radius 2 is 2.00 bits per heavy atom. The van der Waals surface area contributed by atoms with E-state index in [0.29, 0.717) is 12.2 Å². The maximum absolute atomic E-state index is 12.7. The number of aromatic nitrogens is 1. The minimum atomic E-state index is -0.0634. The first-order valence-corrected chi connectivity index (χ1v) is 8.29. The fourth-order valence-electron chi connectivity index (χ4n) is 3.11. The van der Waals surface area contributed by atoms with Crippen LogP contribution in [0.1, 0.15) is 27.9 Å². The highest BCUT2D eigenvalue weighted by Crippen LogP contribution is 2.33. The van der Waals surface area contributed by atoms with Crippen molar-refractivity contribution < 1.29 is 9.53 Å². The number of H-pyrrole nitrogens is 1. The zero-order valence-corrected chi connectivity index (χ0v) is 13.6. The summed E-state index contributed by atoms with van der Waals surface area (Å²) in [4.78, 5) is 16.0. The quantitative estimate of drug-likeness (QED) is 0.706. The first kappa shape index (κ1) is 15.0. The van der Waals surface area contributed by atoms with Crippen LogP contribution in [0.3, 0.4) is 0 Å². The van der Waals surface area contributed by atoms with Crippen LogP contribution in [0.4, 0.5) is 0 Å². The highest BCUT2D eigenvalue weighted by molar-refractivity contribution is 6.13. The molecule has 24 heavy (non-hydrogen) atoms. The average Bonchev–Trinajstić information content (AvgIpc) is 3.00. The first-order chi connectivity index (χ1) is 11.7. The van der Waals surface area contributed by atoms with Crippen molar-refractivity contribution in [3.8, 4) is 5.75 Å². The van der Waals surface area contributed by atoms with Gasteiger partial charge in [-0.05, 0) is 37.1 Å². The molecule has 1 atom stereocenters. The fraction of sp³-hybridized carbons (Fsp3) is 0.250. The molecule has 0 bridgehead atoms. The van der Waals surface area contributed by atoms with Gasteiger partial charge >= 0.3 is 0 Å². The van der Waals surface area contributed by atoms with E-state index in [-0.39, 0.29) is 11.8 Å². The van der Waals surface area contributed by atoms with Crippen LogP contribution in [0.15, 0.2) is 48.7 Å². The fourth-order valence-corrected chi connectivity index (χ4v) is 3.11. The Bertz CT molecular complexity index is 879. The summed E-state index contributed by atoms with van der Waals surface area (Å²) in [6.07, 6.45) is 2.72. The van der Waals surface area contributed by atoms with Gasteiger partial charge in [0.25, 0.3) is 0 Å². The summed E-state index contributed by atoms with van der Waals surface area (Å²) in [7, 11) is 0. The van der Waals surface area contributed by atoms with Crippen molar-refractivity contribution in [2.24, 2.45) is 0 Å². The van der Waals surface area contributed by atoms with Crippen molar-refractivity contribution in [3.05, 3.63) is 65.4 Å². The van der Waals surface area contributed by atoms with E-state index < -0.39 is 0 Å². The van der Waals surface area contributed by atoms with E-state index in [1.54, 1.807) is 0 Å². The van der Waals surface area contributed by atoms with Crippen LogP contribution in [0, 0.1) is 6.92 Å². The second kappa shape index (κ2) is 6.13. The lowest BCUT2D eigenvalue weighted by Gasteiger charge is -2.26. The highest BCUT2D eigenvalue weighted by Gasteiger charge is 2.28. The van der Waals surface area contributed by atoms with Crippen LogP contribution in [0.5, 0.6) is 5.75 Å². The lowest BCUT2D eigenvalue weighted by atomic mass is 9.95. The molecule has 0 spiro atoms. The number of aromatic amines is 1. The molecule has 4 rings (SSSR count). The molecule has 2 heterocycles. The molecule has 1 aliphatic rings. The summed E-state index contributed by atoms with van der Waals surface area (Å²) in [6, 6.07) is 14.0. The SMILES string of the molecule is Cc1ccc(OCc2ccccc2)c2c(C(=O)[C@@H]3CCN3)c[nH]c12. The molecule has 4 heteroatoms. The molecular weight excluding hydrogens is 300 g/mol. The monoisotopic (exact) mass is 320 g/mol. The van der Waals surface area contributed by atoms with Crippen molar-refractivity contribution in [3.63, 3.8) is 0 Å². The molecule has 1 fully saturated rings. The third-order valence-electron chi connectivity index (χ3n) is 4.65. The molecule has 3 aromatic rings.